The molecule has 0 heterocycles. The van der Waals surface area contributed by atoms with Crippen molar-refractivity contribution in [1.29, 1.82) is 0 Å². The van der Waals surface area contributed by atoms with E-state index < -0.39 is 0 Å². The number of ether oxygens (including phenoxy) is 2. The van der Waals surface area contributed by atoms with Gasteiger partial charge in [0.1, 0.15) is 0 Å². The number of aliphatic hydroxyl groups excluding tert-OH is 1. The van der Waals surface area contributed by atoms with E-state index in [0.29, 0.717) is 5.92 Å². The molecule has 1 aromatic rings. The van der Waals surface area contributed by atoms with Crippen molar-refractivity contribution in [3.8, 4) is 11.5 Å². The molecule has 100 valence electrons. The van der Waals surface area contributed by atoms with Gasteiger partial charge in [0.25, 0.3) is 0 Å². The fourth-order valence-electron chi connectivity index (χ4n) is 2.74. The third kappa shape index (κ3) is 2.96. The number of benzene rings is 1. The SMILES string of the molecule is COc1ccc(CC2CCCCC2O)cc1OC. The van der Waals surface area contributed by atoms with Crippen LogP contribution in [0.2, 0.25) is 0 Å². The molecule has 3 heteroatoms. The normalized spacial score (nSPS) is 23.7. The Hall–Kier alpha value is -1.22. The maximum Gasteiger partial charge on any atom is 0.160 e. The Morgan fingerprint density at radius 3 is 2.50 bits per heavy atom. The highest BCUT2D eigenvalue weighted by Gasteiger charge is 2.23. The van der Waals surface area contributed by atoms with E-state index in [0.717, 1.165) is 37.2 Å². The Morgan fingerprint density at radius 1 is 1.11 bits per heavy atom. The maximum absolute atomic E-state index is 10.0. The molecule has 1 aliphatic rings. The zero-order valence-electron chi connectivity index (χ0n) is 11.2. The molecule has 2 atom stereocenters. The van der Waals surface area contributed by atoms with Crippen molar-refractivity contribution in [3.63, 3.8) is 0 Å². The van der Waals surface area contributed by atoms with E-state index in [2.05, 4.69) is 6.07 Å². The first kappa shape index (κ1) is 13.2. The van der Waals surface area contributed by atoms with Crippen molar-refractivity contribution >= 4 is 0 Å². The first-order valence-electron chi connectivity index (χ1n) is 6.63. The predicted molar refractivity (Wildman–Crippen MR) is 71.2 cm³/mol. The summed E-state index contributed by atoms with van der Waals surface area (Å²) < 4.78 is 10.5. The molecule has 0 radical (unpaired) electrons. The van der Waals surface area contributed by atoms with Crippen LogP contribution < -0.4 is 9.47 Å². The van der Waals surface area contributed by atoms with Gasteiger partial charge in [-0.2, -0.15) is 0 Å². The number of methoxy groups -OCH3 is 2. The highest BCUT2D eigenvalue weighted by molar-refractivity contribution is 5.43. The van der Waals surface area contributed by atoms with Crippen LogP contribution in [0.5, 0.6) is 11.5 Å². The summed E-state index contributed by atoms with van der Waals surface area (Å²) in [5.41, 5.74) is 1.21. The second kappa shape index (κ2) is 6.10. The molecule has 3 nitrogen and oxygen atoms in total. The fraction of sp³-hybridized carbons (Fsp3) is 0.600. The second-order valence-electron chi connectivity index (χ2n) is 5.01. The van der Waals surface area contributed by atoms with Crippen LogP contribution in [0.15, 0.2) is 18.2 Å². The van der Waals surface area contributed by atoms with Gasteiger partial charge in [0.05, 0.1) is 20.3 Å². The maximum atomic E-state index is 10.0. The topological polar surface area (TPSA) is 38.7 Å². The van der Waals surface area contributed by atoms with Crippen molar-refractivity contribution in [1.82, 2.24) is 0 Å². The Bertz CT molecular complexity index is 389. The van der Waals surface area contributed by atoms with Gasteiger partial charge in [0.2, 0.25) is 0 Å². The fourth-order valence-corrected chi connectivity index (χ4v) is 2.74. The highest BCUT2D eigenvalue weighted by atomic mass is 16.5. The van der Waals surface area contributed by atoms with E-state index in [1.165, 1.54) is 12.0 Å². The van der Waals surface area contributed by atoms with Crippen LogP contribution in [-0.4, -0.2) is 25.4 Å². The summed E-state index contributed by atoms with van der Waals surface area (Å²) in [6.07, 6.45) is 5.22. The molecule has 18 heavy (non-hydrogen) atoms. The average molecular weight is 250 g/mol. The molecule has 1 fully saturated rings. The molecule has 0 amide bonds. The summed E-state index contributed by atoms with van der Waals surface area (Å²) in [7, 11) is 3.29. The van der Waals surface area contributed by atoms with E-state index in [1.807, 2.05) is 12.1 Å². The minimum absolute atomic E-state index is 0.146. The Balaban J connectivity index is 2.08. The second-order valence-corrected chi connectivity index (χ2v) is 5.01. The van der Waals surface area contributed by atoms with Crippen LogP contribution >= 0.6 is 0 Å². The molecule has 2 rings (SSSR count). The monoisotopic (exact) mass is 250 g/mol. The minimum Gasteiger partial charge on any atom is -0.493 e. The Kier molecular flexibility index (Phi) is 4.48. The van der Waals surface area contributed by atoms with Gasteiger partial charge in [0, 0.05) is 0 Å². The molecule has 1 aliphatic carbocycles. The lowest BCUT2D eigenvalue weighted by molar-refractivity contribution is 0.0700. The first-order valence-corrected chi connectivity index (χ1v) is 6.63. The number of hydrogen-bond acceptors (Lipinski definition) is 3. The van der Waals surface area contributed by atoms with Crippen LogP contribution in [0.3, 0.4) is 0 Å². The van der Waals surface area contributed by atoms with Gasteiger partial charge in [-0.15, -0.1) is 0 Å². The van der Waals surface area contributed by atoms with Crippen molar-refractivity contribution < 1.29 is 14.6 Å². The third-order valence-corrected chi connectivity index (χ3v) is 3.81. The highest BCUT2D eigenvalue weighted by Crippen LogP contribution is 2.31. The zero-order valence-corrected chi connectivity index (χ0v) is 11.2. The first-order chi connectivity index (χ1) is 8.74. The Labute approximate surface area is 109 Å². The summed E-state index contributed by atoms with van der Waals surface area (Å²) >= 11 is 0. The molecule has 0 bridgehead atoms. The molecule has 0 aliphatic heterocycles. The van der Waals surface area contributed by atoms with E-state index in [-0.39, 0.29) is 6.10 Å². The van der Waals surface area contributed by atoms with Gasteiger partial charge in [-0.05, 0) is 42.9 Å². The van der Waals surface area contributed by atoms with E-state index in [9.17, 15) is 5.11 Å². The van der Waals surface area contributed by atoms with Gasteiger partial charge >= 0.3 is 0 Å². The lowest BCUT2D eigenvalue weighted by Crippen LogP contribution is -2.26. The van der Waals surface area contributed by atoms with Gasteiger partial charge < -0.3 is 14.6 Å². The van der Waals surface area contributed by atoms with Gasteiger partial charge in [-0.25, -0.2) is 0 Å². The molecule has 2 unspecified atom stereocenters. The van der Waals surface area contributed by atoms with E-state index in [4.69, 9.17) is 9.47 Å². The van der Waals surface area contributed by atoms with Crippen LogP contribution in [0.25, 0.3) is 0 Å². The minimum atomic E-state index is -0.146. The summed E-state index contributed by atoms with van der Waals surface area (Å²) in [4.78, 5) is 0. The zero-order chi connectivity index (χ0) is 13.0. The molecular formula is C15H22O3. The Morgan fingerprint density at radius 2 is 1.83 bits per heavy atom. The van der Waals surface area contributed by atoms with Crippen molar-refractivity contribution in [2.75, 3.05) is 14.2 Å². The summed E-state index contributed by atoms with van der Waals surface area (Å²) in [5.74, 6) is 1.91. The molecule has 0 saturated heterocycles. The van der Waals surface area contributed by atoms with E-state index >= 15 is 0 Å². The van der Waals surface area contributed by atoms with Gasteiger partial charge in [-0.3, -0.25) is 0 Å². The lowest BCUT2D eigenvalue weighted by Gasteiger charge is -2.27. The van der Waals surface area contributed by atoms with E-state index in [1.54, 1.807) is 14.2 Å². The quantitative estimate of drug-likeness (QED) is 0.893. The standard InChI is InChI=1S/C15H22O3/c1-17-14-8-7-11(10-15(14)18-2)9-12-5-3-4-6-13(12)16/h7-8,10,12-13,16H,3-6,9H2,1-2H3. The molecule has 1 N–H and O–H groups in total. The average Bonchev–Trinajstić information content (AvgIpc) is 2.41. The smallest absolute Gasteiger partial charge is 0.160 e. The van der Waals surface area contributed by atoms with Crippen LogP contribution in [-0.2, 0) is 6.42 Å². The predicted octanol–water partition coefficient (Wildman–Crippen LogP) is 2.80. The lowest BCUT2D eigenvalue weighted by atomic mass is 9.82. The van der Waals surface area contributed by atoms with Crippen molar-refractivity contribution in [3.05, 3.63) is 23.8 Å². The molecule has 1 aromatic carbocycles. The number of aliphatic hydroxyl groups is 1. The summed E-state index contributed by atoms with van der Waals surface area (Å²) in [6.45, 7) is 0. The van der Waals surface area contributed by atoms with Crippen LogP contribution in [0.1, 0.15) is 31.2 Å². The summed E-state index contributed by atoms with van der Waals surface area (Å²) in [5, 5.41) is 10.0. The molecule has 1 saturated carbocycles. The third-order valence-electron chi connectivity index (χ3n) is 3.81. The van der Waals surface area contributed by atoms with Crippen molar-refractivity contribution in [2.45, 2.75) is 38.2 Å². The largest absolute Gasteiger partial charge is 0.493 e. The van der Waals surface area contributed by atoms with Crippen molar-refractivity contribution in [2.24, 2.45) is 5.92 Å². The molecule has 0 aromatic heterocycles. The van der Waals surface area contributed by atoms with Gasteiger partial charge in [-0.1, -0.05) is 18.9 Å². The molecule has 0 spiro atoms. The van der Waals surface area contributed by atoms with Crippen LogP contribution in [0.4, 0.5) is 0 Å². The van der Waals surface area contributed by atoms with Crippen LogP contribution in [0, 0.1) is 5.92 Å². The molecular weight excluding hydrogens is 228 g/mol. The van der Waals surface area contributed by atoms with Gasteiger partial charge in [0.15, 0.2) is 11.5 Å². The number of hydrogen-bond donors (Lipinski definition) is 1. The number of rotatable bonds is 4. The summed E-state index contributed by atoms with van der Waals surface area (Å²) in [6, 6.07) is 6.01.